The number of amides is 1. The summed E-state index contributed by atoms with van der Waals surface area (Å²) in [7, 11) is 0. The highest BCUT2D eigenvalue weighted by Crippen LogP contribution is 2.29. The van der Waals surface area contributed by atoms with Gasteiger partial charge >= 0.3 is 0 Å². The zero-order chi connectivity index (χ0) is 18.5. The molecule has 9 heteroatoms. The van der Waals surface area contributed by atoms with E-state index in [1.54, 1.807) is 23.7 Å². The van der Waals surface area contributed by atoms with Crippen molar-refractivity contribution in [3.8, 4) is 10.7 Å². The van der Waals surface area contributed by atoms with Crippen LogP contribution in [0.25, 0.3) is 10.7 Å². The lowest BCUT2D eigenvalue weighted by atomic mass is 10.2. The van der Waals surface area contributed by atoms with E-state index in [2.05, 4.69) is 20.1 Å². The number of carbonyl (C=O) groups is 1. The van der Waals surface area contributed by atoms with Gasteiger partial charge in [0.05, 0.1) is 36.1 Å². The van der Waals surface area contributed by atoms with Crippen molar-refractivity contribution in [1.82, 2.24) is 20.1 Å². The van der Waals surface area contributed by atoms with Crippen LogP contribution in [-0.2, 0) is 22.6 Å². The van der Waals surface area contributed by atoms with Crippen molar-refractivity contribution in [3.05, 3.63) is 41.7 Å². The van der Waals surface area contributed by atoms with Crippen LogP contribution in [0, 0.1) is 0 Å². The molecule has 1 saturated heterocycles. The van der Waals surface area contributed by atoms with Crippen molar-refractivity contribution in [3.63, 3.8) is 0 Å². The van der Waals surface area contributed by atoms with Gasteiger partial charge in [-0.25, -0.2) is 0 Å². The summed E-state index contributed by atoms with van der Waals surface area (Å²) in [4.78, 5) is 13.2. The topological polar surface area (TPSA) is 82.2 Å². The van der Waals surface area contributed by atoms with Gasteiger partial charge in [-0.2, -0.15) is 0 Å². The summed E-state index contributed by atoms with van der Waals surface area (Å²) in [6.45, 7) is 1.89. The molecule has 1 fully saturated rings. The zero-order valence-electron chi connectivity index (χ0n) is 14.7. The van der Waals surface area contributed by atoms with E-state index in [0.29, 0.717) is 13.1 Å². The number of aromatic nitrogens is 3. The average molecular weight is 405 g/mol. The third-order valence-electron chi connectivity index (χ3n) is 4.24. The molecule has 0 spiro atoms. The monoisotopic (exact) mass is 404 g/mol. The lowest BCUT2D eigenvalue weighted by Gasteiger charge is -2.14. The Balaban J connectivity index is 1.42. The van der Waals surface area contributed by atoms with Crippen LogP contribution in [0.5, 0.6) is 0 Å². The highest BCUT2D eigenvalue weighted by Gasteiger charge is 2.22. The van der Waals surface area contributed by atoms with E-state index in [4.69, 9.17) is 9.15 Å². The molecule has 1 N–H and O–H groups in total. The lowest BCUT2D eigenvalue weighted by molar-refractivity contribution is -0.118. The molecule has 0 aromatic carbocycles. The molecular formula is C18H20N4O3S2. The fourth-order valence-corrected chi connectivity index (χ4v) is 4.42. The molecule has 1 amide bonds. The Morgan fingerprint density at radius 1 is 1.37 bits per heavy atom. The minimum atomic E-state index is -0.0688. The number of nitrogens with zero attached hydrogens (tertiary/aromatic N) is 3. The van der Waals surface area contributed by atoms with Gasteiger partial charge in [0.25, 0.3) is 0 Å². The van der Waals surface area contributed by atoms with Gasteiger partial charge in [0.2, 0.25) is 5.91 Å². The van der Waals surface area contributed by atoms with Crippen molar-refractivity contribution < 1.29 is 13.9 Å². The Morgan fingerprint density at radius 3 is 3.07 bits per heavy atom. The van der Waals surface area contributed by atoms with Crippen molar-refractivity contribution in [2.24, 2.45) is 0 Å². The lowest BCUT2D eigenvalue weighted by Crippen LogP contribution is -2.24. The van der Waals surface area contributed by atoms with Crippen LogP contribution in [-0.4, -0.2) is 39.1 Å². The Labute approximate surface area is 165 Å². The zero-order valence-corrected chi connectivity index (χ0v) is 16.3. The second-order valence-electron chi connectivity index (χ2n) is 6.17. The fraction of sp³-hybridized carbons (Fsp3) is 0.389. The molecule has 3 aromatic heterocycles. The summed E-state index contributed by atoms with van der Waals surface area (Å²) in [5.41, 5.74) is 0. The third kappa shape index (κ3) is 4.60. The summed E-state index contributed by atoms with van der Waals surface area (Å²) in [6.07, 6.45) is 3.89. The first kappa shape index (κ1) is 18.3. The Bertz CT molecular complexity index is 855. The van der Waals surface area contributed by atoms with Crippen LogP contribution in [0.4, 0.5) is 0 Å². The smallest absolute Gasteiger partial charge is 0.230 e. The molecule has 0 aliphatic carbocycles. The van der Waals surface area contributed by atoms with E-state index in [-0.39, 0.29) is 17.8 Å². The van der Waals surface area contributed by atoms with Gasteiger partial charge in [-0.15, -0.1) is 21.5 Å². The number of furan rings is 1. The number of carbonyl (C=O) groups excluding carboxylic acids is 1. The number of hydrogen-bond acceptors (Lipinski definition) is 7. The largest absolute Gasteiger partial charge is 0.467 e. The van der Waals surface area contributed by atoms with E-state index in [0.717, 1.165) is 41.1 Å². The number of hydrogen-bond donors (Lipinski definition) is 1. The van der Waals surface area contributed by atoms with Crippen molar-refractivity contribution in [1.29, 1.82) is 0 Å². The van der Waals surface area contributed by atoms with Crippen molar-refractivity contribution >= 4 is 29.0 Å². The standard InChI is InChI=1S/C18H20N4O3S2/c23-16(19-10-13-4-1-7-24-13)12-27-18-21-20-17(15-6-3-9-26-15)22(18)11-14-5-2-8-25-14/h1,3-4,6-7,9,14H,2,5,8,10-12H2,(H,19,23). The van der Waals surface area contributed by atoms with Gasteiger partial charge in [0.1, 0.15) is 5.76 Å². The predicted octanol–water partition coefficient (Wildman–Crippen LogP) is 3.19. The molecule has 1 atom stereocenters. The maximum Gasteiger partial charge on any atom is 0.230 e. The second-order valence-corrected chi connectivity index (χ2v) is 8.06. The molecule has 4 heterocycles. The molecule has 1 aliphatic rings. The maximum absolute atomic E-state index is 12.1. The van der Waals surface area contributed by atoms with Gasteiger partial charge in [0.15, 0.2) is 11.0 Å². The number of ether oxygens (including phenoxy) is 1. The van der Waals surface area contributed by atoms with Crippen LogP contribution in [0.15, 0.2) is 45.5 Å². The second kappa shape index (κ2) is 8.73. The predicted molar refractivity (Wildman–Crippen MR) is 104 cm³/mol. The minimum absolute atomic E-state index is 0.0688. The van der Waals surface area contributed by atoms with Crippen molar-refractivity contribution in [2.75, 3.05) is 12.4 Å². The number of thiophene rings is 1. The Hall–Kier alpha value is -2.10. The molecule has 1 unspecified atom stereocenters. The Morgan fingerprint density at radius 2 is 2.33 bits per heavy atom. The fourth-order valence-electron chi connectivity index (χ4n) is 2.92. The maximum atomic E-state index is 12.1. The molecule has 4 rings (SSSR count). The van der Waals surface area contributed by atoms with Gasteiger partial charge < -0.3 is 14.5 Å². The molecule has 0 bridgehead atoms. The minimum Gasteiger partial charge on any atom is -0.467 e. The SMILES string of the molecule is O=C(CSc1nnc(-c2cccs2)n1CC1CCCO1)NCc1ccco1. The van der Waals surface area contributed by atoms with Crippen LogP contribution in [0.3, 0.4) is 0 Å². The number of rotatable bonds is 8. The highest BCUT2D eigenvalue weighted by molar-refractivity contribution is 7.99. The van der Waals surface area contributed by atoms with E-state index in [1.807, 2.05) is 23.6 Å². The van der Waals surface area contributed by atoms with Crippen LogP contribution in [0.2, 0.25) is 0 Å². The molecule has 3 aromatic rings. The van der Waals surface area contributed by atoms with Gasteiger partial charge in [-0.1, -0.05) is 17.8 Å². The van der Waals surface area contributed by atoms with Crippen LogP contribution >= 0.6 is 23.1 Å². The first-order chi connectivity index (χ1) is 13.3. The van der Waals surface area contributed by atoms with E-state index in [9.17, 15) is 4.79 Å². The number of nitrogens with one attached hydrogen (secondary N) is 1. The average Bonchev–Trinajstić information content (AvgIpc) is 3.47. The summed E-state index contributed by atoms with van der Waals surface area (Å²) in [5.74, 6) is 1.77. The molecule has 142 valence electrons. The first-order valence-corrected chi connectivity index (χ1v) is 10.7. The number of thioether (sulfide) groups is 1. The Kier molecular flexibility index (Phi) is 5.90. The van der Waals surface area contributed by atoms with Crippen LogP contribution in [0.1, 0.15) is 18.6 Å². The summed E-state index contributed by atoms with van der Waals surface area (Å²) in [6, 6.07) is 7.67. The molecule has 1 aliphatic heterocycles. The molecular weight excluding hydrogens is 384 g/mol. The third-order valence-corrected chi connectivity index (χ3v) is 6.07. The van der Waals surface area contributed by atoms with Crippen LogP contribution < -0.4 is 5.32 Å². The van der Waals surface area contributed by atoms with Gasteiger partial charge in [-0.3, -0.25) is 9.36 Å². The van der Waals surface area contributed by atoms with E-state index in [1.165, 1.54) is 11.8 Å². The molecule has 0 radical (unpaired) electrons. The first-order valence-electron chi connectivity index (χ1n) is 8.80. The molecule has 0 saturated carbocycles. The molecule has 27 heavy (non-hydrogen) atoms. The van der Waals surface area contributed by atoms with E-state index < -0.39 is 0 Å². The summed E-state index contributed by atoms with van der Waals surface area (Å²) < 4.78 is 13.1. The summed E-state index contributed by atoms with van der Waals surface area (Å²) >= 11 is 3.02. The van der Waals surface area contributed by atoms with E-state index >= 15 is 0 Å². The quantitative estimate of drug-likeness (QED) is 0.581. The molecule has 7 nitrogen and oxygen atoms in total. The van der Waals surface area contributed by atoms with Gasteiger partial charge in [-0.05, 0) is 36.4 Å². The normalized spacial score (nSPS) is 16.7. The van der Waals surface area contributed by atoms with Gasteiger partial charge in [0, 0.05) is 6.61 Å². The summed E-state index contributed by atoms with van der Waals surface area (Å²) in [5, 5.41) is 14.3. The van der Waals surface area contributed by atoms with Crippen molar-refractivity contribution in [2.45, 2.75) is 37.2 Å². The highest BCUT2D eigenvalue weighted by atomic mass is 32.2.